The van der Waals surface area contributed by atoms with Crippen LogP contribution in [0, 0.1) is 0 Å². The van der Waals surface area contributed by atoms with Crippen LogP contribution in [0.2, 0.25) is 0 Å². The van der Waals surface area contributed by atoms with E-state index in [2.05, 4.69) is 9.28 Å². The van der Waals surface area contributed by atoms with Gasteiger partial charge in [0.25, 0.3) is 6.08 Å². The van der Waals surface area contributed by atoms with Crippen molar-refractivity contribution in [2.75, 3.05) is 0 Å². The van der Waals surface area contributed by atoms with Crippen LogP contribution in [-0.2, 0) is 4.79 Å². The Morgan fingerprint density at radius 3 is 2.57 bits per heavy atom. The molecule has 3 nitrogen and oxygen atoms in total. The average Bonchev–Trinajstić information content (AvgIpc) is 1.68. The van der Waals surface area contributed by atoms with Gasteiger partial charge in [0, 0.05) is 9.39 Å². The fourth-order valence-corrected chi connectivity index (χ4v) is 0.333. The summed E-state index contributed by atoms with van der Waals surface area (Å²) in [5, 5.41) is 0. The Morgan fingerprint density at radius 1 is 1.86 bits per heavy atom. The Kier molecular flexibility index (Phi) is 3.92. The molecule has 2 atom stereocenters. The predicted molar refractivity (Wildman–Crippen MR) is 28.3 cm³/mol. The van der Waals surface area contributed by atoms with Crippen molar-refractivity contribution in [1.82, 2.24) is 0 Å². The van der Waals surface area contributed by atoms with E-state index in [4.69, 9.17) is 0 Å². The number of nitrogens with zero attached hydrogens (tertiary/aromatic N) is 2. The highest BCUT2D eigenvalue weighted by atomic mass is 31.2. The monoisotopic (exact) mass is 139 g/mol. The lowest BCUT2D eigenvalue weighted by Gasteiger charge is -1.49. The summed E-state index contributed by atoms with van der Waals surface area (Å²) in [5.41, 5.74) is 0. The molecule has 0 rings (SSSR count). The van der Waals surface area contributed by atoms with Crippen molar-refractivity contribution in [3.63, 3.8) is 0 Å². The van der Waals surface area contributed by atoms with Gasteiger partial charge in [0.2, 0.25) is 0 Å². The normalized spacial score (nSPS) is 10.3. The zero-order valence-electron chi connectivity index (χ0n) is 3.21. The van der Waals surface area contributed by atoms with Gasteiger partial charge in [0.15, 0.2) is 0 Å². The van der Waals surface area contributed by atoms with Gasteiger partial charge in [-0.2, -0.15) is 0 Å². The molecule has 0 heterocycles. The molecule has 0 saturated heterocycles. The van der Waals surface area contributed by atoms with Crippen LogP contribution in [0.5, 0.6) is 0 Å². The third-order valence-electron chi connectivity index (χ3n) is 0.219. The van der Waals surface area contributed by atoms with E-state index < -0.39 is 8.17 Å². The SMILES string of the molecule is O=C=N[P+](F)=NP. The van der Waals surface area contributed by atoms with Crippen molar-refractivity contribution in [3.8, 4) is 0 Å². The highest BCUT2D eigenvalue weighted by molar-refractivity contribution is 7.45. The molecule has 2 unspecified atom stereocenters. The van der Waals surface area contributed by atoms with E-state index in [0.717, 1.165) is 6.08 Å². The second-order valence-corrected chi connectivity index (χ2v) is 2.15. The van der Waals surface area contributed by atoms with Gasteiger partial charge in [-0.05, 0) is 4.52 Å². The summed E-state index contributed by atoms with van der Waals surface area (Å²) in [5.74, 6) is 0. The van der Waals surface area contributed by atoms with Crippen molar-refractivity contribution in [2.24, 2.45) is 9.28 Å². The van der Waals surface area contributed by atoms with E-state index >= 15 is 0 Å². The first-order valence-corrected chi connectivity index (χ1v) is 2.91. The minimum absolute atomic E-state index is 1.04. The molecule has 38 valence electrons. The van der Waals surface area contributed by atoms with Crippen molar-refractivity contribution >= 4 is 23.6 Å². The van der Waals surface area contributed by atoms with E-state index in [-0.39, 0.29) is 0 Å². The molecule has 6 heteroatoms. The van der Waals surface area contributed by atoms with Crippen LogP contribution >= 0.6 is 17.6 Å². The van der Waals surface area contributed by atoms with Crippen LogP contribution in [0.25, 0.3) is 0 Å². The third-order valence-corrected chi connectivity index (χ3v) is 1.23. The maximum atomic E-state index is 11.6. The largest absolute Gasteiger partial charge is 0.597 e. The minimum atomic E-state index is -2.29. The molecule has 0 amide bonds. The van der Waals surface area contributed by atoms with Crippen molar-refractivity contribution in [3.05, 3.63) is 0 Å². The van der Waals surface area contributed by atoms with Crippen molar-refractivity contribution in [2.45, 2.75) is 0 Å². The van der Waals surface area contributed by atoms with Crippen LogP contribution in [0.4, 0.5) is 4.20 Å². The lowest BCUT2D eigenvalue weighted by atomic mass is 11.7. The van der Waals surface area contributed by atoms with E-state index in [0.29, 0.717) is 0 Å². The Bertz CT molecular complexity index is 128. The van der Waals surface area contributed by atoms with E-state index in [1.165, 1.54) is 0 Å². The molecule has 0 saturated carbocycles. The summed E-state index contributed by atoms with van der Waals surface area (Å²) in [6.07, 6.45) is 1.04. The van der Waals surface area contributed by atoms with E-state index in [1.807, 2.05) is 0 Å². The Morgan fingerprint density at radius 2 is 2.43 bits per heavy atom. The van der Waals surface area contributed by atoms with Gasteiger partial charge in [-0.25, -0.2) is 4.79 Å². The Balaban J connectivity index is 3.82. The van der Waals surface area contributed by atoms with Crippen LogP contribution in [0.3, 0.4) is 0 Å². The predicted octanol–water partition coefficient (Wildman–Crippen LogP) is 1.58. The summed E-state index contributed by atoms with van der Waals surface area (Å²) in [6.45, 7) is 0. The topological polar surface area (TPSA) is 41.8 Å². The first-order chi connectivity index (χ1) is 3.31. The fourth-order valence-electron chi connectivity index (χ4n) is 0.0595. The lowest BCUT2D eigenvalue weighted by Crippen LogP contribution is -1.37. The second-order valence-electron chi connectivity index (χ2n) is 0.547. The summed E-state index contributed by atoms with van der Waals surface area (Å²) in [4.78, 5) is 9.19. The Labute approximate surface area is 42.9 Å². The van der Waals surface area contributed by atoms with Crippen LogP contribution in [0.1, 0.15) is 0 Å². The molecule has 0 aromatic rings. The number of isocyanates is 1. The molecule has 0 bridgehead atoms. The molecule has 0 aliphatic heterocycles. The zero-order chi connectivity index (χ0) is 5.70. The third kappa shape index (κ3) is 3.68. The first-order valence-electron chi connectivity index (χ1n) is 1.25. The molecule has 0 radical (unpaired) electrons. The molecular formula is CH2FN2OP2+. The molecule has 0 aromatic heterocycles. The molecule has 0 fully saturated rings. The summed E-state index contributed by atoms with van der Waals surface area (Å²) < 4.78 is 17.2. The van der Waals surface area contributed by atoms with E-state index in [9.17, 15) is 8.99 Å². The summed E-state index contributed by atoms with van der Waals surface area (Å²) in [7, 11) is -0.515. The van der Waals surface area contributed by atoms with Gasteiger partial charge in [-0.15, -0.1) is 0 Å². The lowest BCUT2D eigenvalue weighted by molar-refractivity contribution is 0.566. The number of halogens is 1. The Hall–Kier alpha value is -0.160. The minimum Gasteiger partial charge on any atom is -0.207 e. The molecule has 0 spiro atoms. The average molecular weight is 139 g/mol. The van der Waals surface area contributed by atoms with Gasteiger partial charge < -0.3 is 0 Å². The molecule has 0 aromatic carbocycles. The highest BCUT2D eigenvalue weighted by Gasteiger charge is 2.04. The zero-order valence-corrected chi connectivity index (χ0v) is 5.25. The second kappa shape index (κ2) is 4.01. The first kappa shape index (κ1) is 6.84. The number of hydrogen-bond acceptors (Lipinski definition) is 2. The smallest absolute Gasteiger partial charge is 0.207 e. The quantitative estimate of drug-likeness (QED) is 0.309. The summed E-state index contributed by atoms with van der Waals surface area (Å²) >= 11 is 0. The number of hydrogen-bond donors (Lipinski definition) is 0. The van der Waals surface area contributed by atoms with Gasteiger partial charge in [0.1, 0.15) is 0 Å². The number of rotatable bonds is 1. The highest BCUT2D eigenvalue weighted by Crippen LogP contribution is 2.29. The summed E-state index contributed by atoms with van der Waals surface area (Å²) in [6, 6.07) is 0. The van der Waals surface area contributed by atoms with E-state index in [1.54, 1.807) is 9.39 Å². The van der Waals surface area contributed by atoms with Crippen LogP contribution in [-0.4, -0.2) is 6.08 Å². The van der Waals surface area contributed by atoms with Crippen molar-refractivity contribution < 1.29 is 8.99 Å². The maximum Gasteiger partial charge on any atom is 0.597 e. The molecular weight excluding hydrogens is 137 g/mol. The molecule has 0 N–H and O–H groups in total. The van der Waals surface area contributed by atoms with Gasteiger partial charge in [-0.1, -0.05) is 0 Å². The van der Waals surface area contributed by atoms with Crippen LogP contribution in [0.15, 0.2) is 9.28 Å². The maximum absolute atomic E-state index is 11.6. The van der Waals surface area contributed by atoms with Crippen molar-refractivity contribution in [1.29, 1.82) is 0 Å². The van der Waals surface area contributed by atoms with Gasteiger partial charge in [0.05, 0.1) is 8.96 Å². The standard InChI is InChI=1S/CH2FN2OP2/c2-7(4-6)3-1-5/h6H2/q+1. The molecule has 0 aliphatic carbocycles. The van der Waals surface area contributed by atoms with Gasteiger partial charge in [-0.3, -0.25) is 0 Å². The van der Waals surface area contributed by atoms with Gasteiger partial charge >= 0.3 is 8.17 Å². The van der Waals surface area contributed by atoms with Crippen LogP contribution < -0.4 is 0 Å². The fraction of sp³-hybridized carbons (Fsp3) is 0. The molecule has 0 aliphatic rings. The molecule has 7 heavy (non-hydrogen) atoms. The number of carbonyl (C=O) groups excluding carboxylic acids is 1.